The zero-order valence-corrected chi connectivity index (χ0v) is 10.6. The van der Waals surface area contributed by atoms with Crippen LogP contribution in [0.3, 0.4) is 0 Å². The molecule has 21 heavy (non-hydrogen) atoms. The molecule has 1 heterocycles. The lowest BCUT2D eigenvalue weighted by molar-refractivity contribution is -0.137. The van der Waals surface area contributed by atoms with Gasteiger partial charge in [0, 0.05) is 12.7 Å². The van der Waals surface area contributed by atoms with Crippen molar-refractivity contribution in [1.29, 1.82) is 0 Å². The van der Waals surface area contributed by atoms with Crippen LogP contribution >= 0.6 is 0 Å². The Morgan fingerprint density at radius 2 is 2.00 bits per heavy atom. The molecule has 0 aliphatic rings. The first kappa shape index (κ1) is 15.0. The lowest BCUT2D eigenvalue weighted by atomic mass is 10.1. The molecule has 1 aromatic carbocycles. The maximum Gasteiger partial charge on any atom is 0.416 e. The molecule has 0 radical (unpaired) electrons. The van der Waals surface area contributed by atoms with Crippen molar-refractivity contribution in [3.05, 3.63) is 65.2 Å². The van der Waals surface area contributed by atoms with E-state index in [1.807, 2.05) is 0 Å². The minimum absolute atomic E-state index is 0.134. The number of hydrogen-bond acceptors (Lipinski definition) is 2. The normalized spacial score (nSPS) is 11.2. The fraction of sp³-hybridized carbons (Fsp3) is 0.143. The molecule has 0 atom stereocenters. The second-order valence-corrected chi connectivity index (χ2v) is 4.24. The third-order valence-electron chi connectivity index (χ3n) is 2.72. The van der Waals surface area contributed by atoms with E-state index >= 15 is 0 Å². The minimum atomic E-state index is -4.45. The zero-order chi connectivity index (χ0) is 15.5. The maximum absolute atomic E-state index is 13.3. The fourth-order valence-electron chi connectivity index (χ4n) is 1.69. The summed E-state index contributed by atoms with van der Waals surface area (Å²) in [5.41, 5.74) is -0.742. The molecule has 0 saturated heterocycles. The van der Waals surface area contributed by atoms with E-state index in [-0.39, 0.29) is 17.7 Å². The predicted molar refractivity (Wildman–Crippen MR) is 66.8 cm³/mol. The number of nitrogens with one attached hydrogen (secondary N) is 1. The number of pyridine rings is 1. The number of carbonyl (C=O) groups excluding carboxylic acids is 1. The second-order valence-electron chi connectivity index (χ2n) is 4.24. The highest BCUT2D eigenvalue weighted by Gasteiger charge is 2.30. The van der Waals surface area contributed by atoms with Crippen LogP contribution in [0.5, 0.6) is 0 Å². The molecule has 1 amide bonds. The Kier molecular flexibility index (Phi) is 4.21. The average Bonchev–Trinajstić information content (AvgIpc) is 2.45. The third kappa shape index (κ3) is 3.77. The molecule has 0 aliphatic heterocycles. The number of nitrogens with zero attached hydrogens (tertiary/aromatic N) is 1. The molecule has 3 nitrogen and oxygen atoms in total. The fourth-order valence-corrected chi connectivity index (χ4v) is 1.69. The van der Waals surface area contributed by atoms with Crippen molar-refractivity contribution in [2.45, 2.75) is 12.7 Å². The van der Waals surface area contributed by atoms with Gasteiger partial charge in [0.25, 0.3) is 5.91 Å². The summed E-state index contributed by atoms with van der Waals surface area (Å²) in [4.78, 5) is 15.2. The van der Waals surface area contributed by atoms with Crippen molar-refractivity contribution >= 4 is 5.91 Å². The number of rotatable bonds is 3. The highest BCUT2D eigenvalue weighted by molar-refractivity contribution is 5.94. The first-order chi connectivity index (χ1) is 9.88. The lowest BCUT2D eigenvalue weighted by Crippen LogP contribution is -2.24. The van der Waals surface area contributed by atoms with Crippen molar-refractivity contribution in [3.8, 4) is 0 Å². The monoisotopic (exact) mass is 298 g/mol. The number of aromatic nitrogens is 1. The average molecular weight is 298 g/mol. The van der Waals surface area contributed by atoms with Gasteiger partial charge in [-0.25, -0.2) is 4.39 Å². The van der Waals surface area contributed by atoms with E-state index < -0.39 is 23.5 Å². The van der Waals surface area contributed by atoms with E-state index in [4.69, 9.17) is 0 Å². The van der Waals surface area contributed by atoms with Crippen molar-refractivity contribution < 1.29 is 22.4 Å². The van der Waals surface area contributed by atoms with Crippen molar-refractivity contribution in [1.82, 2.24) is 10.3 Å². The predicted octanol–water partition coefficient (Wildman–Crippen LogP) is 3.17. The van der Waals surface area contributed by atoms with Gasteiger partial charge in [-0.15, -0.1) is 0 Å². The van der Waals surface area contributed by atoms with E-state index in [2.05, 4.69) is 10.3 Å². The highest BCUT2D eigenvalue weighted by atomic mass is 19.4. The number of amides is 1. The van der Waals surface area contributed by atoms with Crippen molar-refractivity contribution in [2.24, 2.45) is 0 Å². The van der Waals surface area contributed by atoms with Crippen LogP contribution in [-0.2, 0) is 12.7 Å². The Morgan fingerprint density at radius 1 is 1.24 bits per heavy atom. The van der Waals surface area contributed by atoms with E-state index in [1.54, 1.807) is 0 Å². The number of benzene rings is 1. The largest absolute Gasteiger partial charge is 0.416 e. The number of halogens is 4. The molecule has 0 saturated carbocycles. The molecule has 7 heteroatoms. The maximum atomic E-state index is 13.3. The van der Waals surface area contributed by atoms with Crippen LogP contribution in [0.2, 0.25) is 0 Å². The van der Waals surface area contributed by atoms with Crippen LogP contribution in [0.15, 0.2) is 42.7 Å². The molecule has 110 valence electrons. The Balaban J connectivity index is 2.07. The summed E-state index contributed by atoms with van der Waals surface area (Å²) < 4.78 is 50.9. The molecular weight excluding hydrogens is 288 g/mol. The molecule has 0 spiro atoms. The molecule has 2 aromatic rings. The van der Waals surface area contributed by atoms with Crippen LogP contribution in [-0.4, -0.2) is 10.9 Å². The van der Waals surface area contributed by atoms with Gasteiger partial charge < -0.3 is 5.32 Å². The molecule has 0 unspecified atom stereocenters. The van der Waals surface area contributed by atoms with Gasteiger partial charge in [-0.05, 0) is 23.8 Å². The molecular formula is C14H10F4N2O. The summed E-state index contributed by atoms with van der Waals surface area (Å²) in [6, 6.07) is 5.75. The molecule has 0 bridgehead atoms. The summed E-state index contributed by atoms with van der Waals surface area (Å²) >= 11 is 0. The Hall–Kier alpha value is -2.44. The number of carbonyl (C=O) groups is 1. The molecule has 1 N–H and O–H groups in total. The quantitative estimate of drug-likeness (QED) is 0.884. The summed E-state index contributed by atoms with van der Waals surface area (Å²) in [7, 11) is 0. The van der Waals surface area contributed by atoms with Crippen LogP contribution in [0.4, 0.5) is 17.6 Å². The van der Waals surface area contributed by atoms with Crippen LogP contribution in [0, 0.1) is 5.82 Å². The van der Waals surface area contributed by atoms with E-state index in [1.165, 1.54) is 24.4 Å². The summed E-state index contributed by atoms with van der Waals surface area (Å²) in [5.74, 6) is -1.51. The minimum Gasteiger partial charge on any atom is -0.348 e. The Labute approximate surface area is 117 Å². The third-order valence-corrected chi connectivity index (χ3v) is 2.72. The van der Waals surface area contributed by atoms with E-state index in [0.29, 0.717) is 0 Å². The Morgan fingerprint density at radius 3 is 2.67 bits per heavy atom. The van der Waals surface area contributed by atoms with Crippen molar-refractivity contribution in [3.63, 3.8) is 0 Å². The van der Waals surface area contributed by atoms with Gasteiger partial charge in [0.15, 0.2) is 5.82 Å². The smallest absolute Gasteiger partial charge is 0.348 e. The molecule has 1 aromatic heterocycles. The van der Waals surface area contributed by atoms with Crippen LogP contribution in [0.25, 0.3) is 0 Å². The van der Waals surface area contributed by atoms with Gasteiger partial charge in [0.2, 0.25) is 0 Å². The number of alkyl halides is 3. The van der Waals surface area contributed by atoms with Gasteiger partial charge in [-0.3, -0.25) is 9.78 Å². The molecule has 0 aliphatic carbocycles. The topological polar surface area (TPSA) is 42.0 Å². The Bertz CT molecular complexity index is 655. The van der Waals surface area contributed by atoms with Crippen molar-refractivity contribution in [2.75, 3.05) is 0 Å². The lowest BCUT2D eigenvalue weighted by Gasteiger charge is -2.09. The zero-order valence-electron chi connectivity index (χ0n) is 10.6. The van der Waals surface area contributed by atoms with Gasteiger partial charge >= 0.3 is 6.18 Å². The second kappa shape index (κ2) is 5.90. The first-order valence-electron chi connectivity index (χ1n) is 5.92. The standard InChI is InChI=1S/C14H10F4N2O/c15-12-8-19-5-4-11(12)13(21)20-7-9-2-1-3-10(6-9)14(16,17)18/h1-6,8H,7H2,(H,20,21). The molecule has 0 fully saturated rings. The van der Waals surface area contributed by atoms with Gasteiger partial charge in [0.05, 0.1) is 17.3 Å². The highest BCUT2D eigenvalue weighted by Crippen LogP contribution is 2.29. The first-order valence-corrected chi connectivity index (χ1v) is 5.92. The van der Waals surface area contributed by atoms with Gasteiger partial charge in [-0.2, -0.15) is 13.2 Å². The van der Waals surface area contributed by atoms with Crippen LogP contribution < -0.4 is 5.32 Å². The summed E-state index contributed by atoms with van der Waals surface area (Å²) in [5, 5.41) is 2.36. The SMILES string of the molecule is O=C(NCc1cccc(C(F)(F)F)c1)c1ccncc1F. The molecule has 2 rings (SSSR count). The number of hydrogen-bond donors (Lipinski definition) is 1. The van der Waals surface area contributed by atoms with E-state index in [9.17, 15) is 22.4 Å². The van der Waals surface area contributed by atoms with Crippen LogP contribution in [0.1, 0.15) is 21.5 Å². The van der Waals surface area contributed by atoms with E-state index in [0.717, 1.165) is 18.3 Å². The van der Waals surface area contributed by atoms with Gasteiger partial charge in [0.1, 0.15) is 0 Å². The van der Waals surface area contributed by atoms with Gasteiger partial charge in [-0.1, -0.05) is 12.1 Å². The summed E-state index contributed by atoms with van der Waals surface area (Å²) in [6.07, 6.45) is -2.31. The summed E-state index contributed by atoms with van der Waals surface area (Å²) in [6.45, 7) is -0.134.